The Morgan fingerprint density at radius 2 is 1.96 bits per heavy atom. The summed E-state index contributed by atoms with van der Waals surface area (Å²) in [5.74, 6) is 2.33. The summed E-state index contributed by atoms with van der Waals surface area (Å²) < 4.78 is 10.7. The minimum absolute atomic E-state index is 0.594. The SMILES string of the molecule is CCNC(=NCc1ccc(OC)c(OC)c1)NCCN1CCCCC1CC. The third-order valence-corrected chi connectivity index (χ3v) is 5.12. The standard InChI is InChI=1S/C21H36N4O2/c1-5-18-9-7-8-13-25(18)14-12-23-21(22-6-2)24-16-17-10-11-19(26-3)20(15-17)27-4/h10-11,15,18H,5-9,12-14,16H2,1-4H3,(H2,22,23,24). The van der Waals surface area contributed by atoms with Crippen molar-refractivity contribution >= 4 is 5.96 Å². The van der Waals surface area contributed by atoms with Crippen LogP contribution in [-0.2, 0) is 6.54 Å². The summed E-state index contributed by atoms with van der Waals surface area (Å²) in [6, 6.07) is 6.66. The molecule has 2 rings (SSSR count). The molecule has 0 amide bonds. The molecule has 6 heteroatoms. The smallest absolute Gasteiger partial charge is 0.191 e. The molecular weight excluding hydrogens is 340 g/mol. The van der Waals surface area contributed by atoms with Crippen LogP contribution in [0.5, 0.6) is 11.5 Å². The van der Waals surface area contributed by atoms with E-state index in [1.54, 1.807) is 14.2 Å². The molecular formula is C21H36N4O2. The van der Waals surface area contributed by atoms with Crippen molar-refractivity contribution in [1.29, 1.82) is 0 Å². The van der Waals surface area contributed by atoms with E-state index in [4.69, 9.17) is 14.5 Å². The Morgan fingerprint density at radius 3 is 2.67 bits per heavy atom. The van der Waals surface area contributed by atoms with Gasteiger partial charge in [-0.1, -0.05) is 19.4 Å². The van der Waals surface area contributed by atoms with E-state index in [2.05, 4.69) is 29.4 Å². The lowest BCUT2D eigenvalue weighted by Gasteiger charge is -2.35. The minimum Gasteiger partial charge on any atom is -0.493 e. The fourth-order valence-electron chi connectivity index (χ4n) is 3.63. The monoisotopic (exact) mass is 376 g/mol. The highest BCUT2D eigenvalue weighted by molar-refractivity contribution is 5.79. The maximum atomic E-state index is 5.37. The van der Waals surface area contributed by atoms with Gasteiger partial charge in [0.25, 0.3) is 0 Å². The number of benzene rings is 1. The molecule has 0 aliphatic carbocycles. The van der Waals surface area contributed by atoms with Crippen molar-refractivity contribution < 1.29 is 9.47 Å². The number of aliphatic imine (C=N–C) groups is 1. The first-order chi connectivity index (χ1) is 13.2. The number of ether oxygens (including phenoxy) is 2. The van der Waals surface area contributed by atoms with Gasteiger partial charge in [-0.15, -0.1) is 0 Å². The van der Waals surface area contributed by atoms with E-state index in [1.807, 2.05) is 18.2 Å². The van der Waals surface area contributed by atoms with Crippen LogP contribution in [0.4, 0.5) is 0 Å². The highest BCUT2D eigenvalue weighted by Crippen LogP contribution is 2.27. The summed E-state index contributed by atoms with van der Waals surface area (Å²) in [6.07, 6.45) is 5.28. The van der Waals surface area contributed by atoms with Crippen LogP contribution >= 0.6 is 0 Å². The number of methoxy groups -OCH3 is 2. The predicted molar refractivity (Wildman–Crippen MR) is 112 cm³/mol. The number of rotatable bonds is 9. The summed E-state index contributed by atoms with van der Waals surface area (Å²) in [6.45, 7) is 9.03. The molecule has 1 atom stereocenters. The van der Waals surface area contributed by atoms with Crippen LogP contribution in [0.15, 0.2) is 23.2 Å². The largest absolute Gasteiger partial charge is 0.493 e. The number of nitrogens with one attached hydrogen (secondary N) is 2. The van der Waals surface area contributed by atoms with Gasteiger partial charge in [0, 0.05) is 25.7 Å². The average molecular weight is 377 g/mol. The van der Waals surface area contributed by atoms with Gasteiger partial charge in [-0.25, -0.2) is 4.99 Å². The highest BCUT2D eigenvalue weighted by atomic mass is 16.5. The second kappa shape index (κ2) is 11.7. The van der Waals surface area contributed by atoms with Crippen molar-refractivity contribution in [3.8, 4) is 11.5 Å². The lowest BCUT2D eigenvalue weighted by atomic mass is 10.0. The fourth-order valence-corrected chi connectivity index (χ4v) is 3.63. The third kappa shape index (κ3) is 6.61. The predicted octanol–water partition coefficient (Wildman–Crippen LogP) is 3.02. The highest BCUT2D eigenvalue weighted by Gasteiger charge is 2.19. The Balaban J connectivity index is 1.90. The number of likely N-dealkylation sites (tertiary alicyclic amines) is 1. The van der Waals surface area contributed by atoms with Gasteiger partial charge >= 0.3 is 0 Å². The first-order valence-corrected chi connectivity index (χ1v) is 10.2. The lowest BCUT2D eigenvalue weighted by Crippen LogP contribution is -2.45. The summed E-state index contributed by atoms with van der Waals surface area (Å²) in [4.78, 5) is 7.34. The zero-order valence-electron chi connectivity index (χ0n) is 17.4. The Bertz CT molecular complexity index is 592. The van der Waals surface area contributed by atoms with Gasteiger partial charge in [-0.3, -0.25) is 4.90 Å². The van der Waals surface area contributed by atoms with Gasteiger partial charge < -0.3 is 20.1 Å². The number of hydrogen-bond acceptors (Lipinski definition) is 4. The maximum absolute atomic E-state index is 5.37. The Kier molecular flexibility index (Phi) is 9.25. The molecule has 152 valence electrons. The lowest BCUT2D eigenvalue weighted by molar-refractivity contribution is 0.147. The summed E-state index contributed by atoms with van der Waals surface area (Å²) in [5.41, 5.74) is 1.09. The summed E-state index contributed by atoms with van der Waals surface area (Å²) in [5, 5.41) is 6.81. The molecule has 1 aromatic rings. The number of piperidine rings is 1. The van der Waals surface area contributed by atoms with Crippen molar-refractivity contribution in [2.24, 2.45) is 4.99 Å². The Hall–Kier alpha value is -1.95. The molecule has 0 bridgehead atoms. The molecule has 1 heterocycles. The zero-order valence-corrected chi connectivity index (χ0v) is 17.4. The molecule has 1 fully saturated rings. The number of hydrogen-bond donors (Lipinski definition) is 2. The number of nitrogens with zero attached hydrogens (tertiary/aromatic N) is 2. The van der Waals surface area contributed by atoms with Gasteiger partial charge in [0.1, 0.15) is 0 Å². The van der Waals surface area contributed by atoms with E-state index in [-0.39, 0.29) is 0 Å². The van der Waals surface area contributed by atoms with E-state index in [0.717, 1.165) is 48.7 Å². The van der Waals surface area contributed by atoms with E-state index < -0.39 is 0 Å². The van der Waals surface area contributed by atoms with Gasteiger partial charge in [-0.2, -0.15) is 0 Å². The second-order valence-corrected chi connectivity index (χ2v) is 6.91. The van der Waals surface area contributed by atoms with E-state index >= 15 is 0 Å². The minimum atomic E-state index is 0.594. The van der Waals surface area contributed by atoms with Crippen molar-refractivity contribution in [2.45, 2.75) is 52.1 Å². The quantitative estimate of drug-likeness (QED) is 0.512. The first-order valence-electron chi connectivity index (χ1n) is 10.2. The molecule has 0 aromatic heterocycles. The normalized spacial score (nSPS) is 18.2. The van der Waals surface area contributed by atoms with Crippen LogP contribution in [0.1, 0.15) is 45.1 Å². The van der Waals surface area contributed by atoms with Crippen molar-refractivity contribution in [1.82, 2.24) is 15.5 Å². The topological polar surface area (TPSA) is 58.1 Å². The van der Waals surface area contributed by atoms with Crippen molar-refractivity contribution in [2.75, 3.05) is 40.4 Å². The Morgan fingerprint density at radius 1 is 1.15 bits per heavy atom. The molecule has 1 unspecified atom stereocenters. The molecule has 1 aromatic carbocycles. The van der Waals surface area contributed by atoms with Crippen LogP contribution in [0.2, 0.25) is 0 Å². The molecule has 1 aliphatic heterocycles. The van der Waals surface area contributed by atoms with Crippen LogP contribution in [0, 0.1) is 0 Å². The van der Waals surface area contributed by atoms with Gasteiger partial charge in [-0.05, 0) is 50.4 Å². The van der Waals surface area contributed by atoms with Gasteiger partial charge in [0.15, 0.2) is 17.5 Å². The van der Waals surface area contributed by atoms with Gasteiger partial charge in [0.05, 0.1) is 20.8 Å². The second-order valence-electron chi connectivity index (χ2n) is 6.91. The molecule has 2 N–H and O–H groups in total. The fraction of sp³-hybridized carbons (Fsp3) is 0.667. The Labute approximate surface area is 164 Å². The van der Waals surface area contributed by atoms with Crippen LogP contribution in [0.3, 0.4) is 0 Å². The van der Waals surface area contributed by atoms with Crippen molar-refractivity contribution in [3.63, 3.8) is 0 Å². The average Bonchev–Trinajstić information content (AvgIpc) is 2.72. The summed E-state index contributed by atoms with van der Waals surface area (Å²) >= 11 is 0. The van der Waals surface area contributed by atoms with Crippen LogP contribution < -0.4 is 20.1 Å². The molecule has 0 spiro atoms. The molecule has 27 heavy (non-hydrogen) atoms. The zero-order chi connectivity index (χ0) is 19.5. The van der Waals surface area contributed by atoms with Gasteiger partial charge in [0.2, 0.25) is 0 Å². The molecule has 6 nitrogen and oxygen atoms in total. The van der Waals surface area contributed by atoms with Crippen LogP contribution in [-0.4, -0.2) is 57.3 Å². The van der Waals surface area contributed by atoms with E-state index in [1.165, 1.54) is 32.2 Å². The first kappa shape index (κ1) is 21.4. The van der Waals surface area contributed by atoms with E-state index in [0.29, 0.717) is 6.54 Å². The van der Waals surface area contributed by atoms with Crippen LogP contribution in [0.25, 0.3) is 0 Å². The maximum Gasteiger partial charge on any atom is 0.191 e. The number of guanidine groups is 1. The third-order valence-electron chi connectivity index (χ3n) is 5.12. The summed E-state index contributed by atoms with van der Waals surface area (Å²) in [7, 11) is 3.30. The van der Waals surface area contributed by atoms with E-state index in [9.17, 15) is 0 Å². The molecule has 0 saturated carbocycles. The molecule has 0 radical (unpaired) electrons. The molecule has 1 aliphatic rings. The van der Waals surface area contributed by atoms with Crippen molar-refractivity contribution in [3.05, 3.63) is 23.8 Å². The molecule has 1 saturated heterocycles.